The van der Waals surface area contributed by atoms with Crippen molar-refractivity contribution in [1.82, 2.24) is 9.47 Å². The molecule has 1 aromatic heterocycles. The summed E-state index contributed by atoms with van der Waals surface area (Å²) in [5.41, 5.74) is 0.779. The van der Waals surface area contributed by atoms with Crippen molar-refractivity contribution in [3.63, 3.8) is 0 Å². The van der Waals surface area contributed by atoms with E-state index in [0.29, 0.717) is 6.04 Å². The van der Waals surface area contributed by atoms with Gasteiger partial charge < -0.3 is 9.47 Å². The predicted molar refractivity (Wildman–Crippen MR) is 60.2 cm³/mol. The van der Waals surface area contributed by atoms with Gasteiger partial charge in [-0.3, -0.25) is 4.79 Å². The maximum absolute atomic E-state index is 10.8. The molecule has 1 aromatic rings. The molecule has 0 saturated carbocycles. The van der Waals surface area contributed by atoms with Gasteiger partial charge in [0, 0.05) is 18.8 Å². The molecule has 2 heterocycles. The molecule has 1 aliphatic rings. The topological polar surface area (TPSA) is 25.2 Å². The highest BCUT2D eigenvalue weighted by molar-refractivity contribution is 5.72. The van der Waals surface area contributed by atoms with Crippen LogP contribution in [0.15, 0.2) is 18.3 Å². The van der Waals surface area contributed by atoms with Gasteiger partial charge in [-0.1, -0.05) is 0 Å². The van der Waals surface area contributed by atoms with Gasteiger partial charge in [0.2, 0.25) is 0 Å². The Morgan fingerprint density at radius 2 is 2.20 bits per heavy atom. The minimum Gasteiger partial charge on any atom is -0.341 e. The Morgan fingerprint density at radius 1 is 1.47 bits per heavy atom. The van der Waals surface area contributed by atoms with Crippen LogP contribution in [0.5, 0.6) is 0 Å². The fourth-order valence-corrected chi connectivity index (χ4v) is 2.33. The van der Waals surface area contributed by atoms with E-state index >= 15 is 0 Å². The van der Waals surface area contributed by atoms with Crippen molar-refractivity contribution < 1.29 is 4.79 Å². The zero-order chi connectivity index (χ0) is 10.7. The van der Waals surface area contributed by atoms with Crippen LogP contribution in [0, 0.1) is 0 Å². The van der Waals surface area contributed by atoms with Crippen molar-refractivity contribution in [1.29, 1.82) is 0 Å². The zero-order valence-electron chi connectivity index (χ0n) is 9.22. The third-order valence-corrected chi connectivity index (χ3v) is 3.13. The molecule has 0 aromatic carbocycles. The quantitative estimate of drug-likeness (QED) is 0.704. The number of likely N-dealkylation sites (tertiary alicyclic amines) is 1. The van der Waals surface area contributed by atoms with Gasteiger partial charge in [0.25, 0.3) is 0 Å². The second-order valence-corrected chi connectivity index (χ2v) is 4.31. The molecule has 82 valence electrons. The number of hydrogen-bond donors (Lipinski definition) is 0. The summed E-state index contributed by atoms with van der Waals surface area (Å²) in [6, 6.07) is 4.19. The number of aldehydes is 1. The van der Waals surface area contributed by atoms with E-state index in [0.717, 1.165) is 18.5 Å². The lowest BCUT2D eigenvalue weighted by Crippen LogP contribution is -2.27. The van der Waals surface area contributed by atoms with E-state index in [9.17, 15) is 4.79 Å². The molecule has 2 rings (SSSR count). The molecule has 0 bridgehead atoms. The number of aromatic nitrogens is 1. The Labute approximate surface area is 90.7 Å². The predicted octanol–water partition coefficient (Wildman–Crippen LogP) is 1.96. The molecule has 15 heavy (non-hydrogen) atoms. The Balaban J connectivity index is 2.00. The van der Waals surface area contributed by atoms with Crippen LogP contribution in [0.2, 0.25) is 0 Å². The van der Waals surface area contributed by atoms with Crippen LogP contribution in [0.4, 0.5) is 0 Å². The van der Waals surface area contributed by atoms with E-state index in [1.165, 1.54) is 25.9 Å². The summed E-state index contributed by atoms with van der Waals surface area (Å²) < 4.78 is 2.06. The van der Waals surface area contributed by atoms with Gasteiger partial charge in [-0.05, 0) is 45.0 Å². The number of hydrogen-bond acceptors (Lipinski definition) is 2. The molecule has 0 amide bonds. The highest BCUT2D eigenvalue weighted by Crippen LogP contribution is 2.15. The first-order valence-corrected chi connectivity index (χ1v) is 5.65. The number of rotatable bonds is 4. The lowest BCUT2D eigenvalue weighted by Gasteiger charge is -2.22. The third-order valence-electron chi connectivity index (χ3n) is 3.13. The van der Waals surface area contributed by atoms with Crippen LogP contribution in [0.25, 0.3) is 0 Å². The van der Waals surface area contributed by atoms with Gasteiger partial charge in [0.15, 0.2) is 6.29 Å². The normalized spacial score (nSPS) is 19.3. The molecule has 0 aliphatic carbocycles. The maximum atomic E-state index is 10.8. The Hall–Kier alpha value is -1.09. The van der Waals surface area contributed by atoms with Crippen molar-refractivity contribution in [2.24, 2.45) is 0 Å². The second-order valence-electron chi connectivity index (χ2n) is 4.31. The van der Waals surface area contributed by atoms with E-state index in [2.05, 4.69) is 16.4 Å². The minimum atomic E-state index is 0.387. The molecular weight excluding hydrogens is 188 g/mol. The molecule has 1 fully saturated rings. The highest BCUT2D eigenvalue weighted by Gasteiger charge is 2.16. The summed E-state index contributed by atoms with van der Waals surface area (Å²) in [5.74, 6) is 0. The van der Waals surface area contributed by atoms with Crippen LogP contribution in [0.1, 0.15) is 36.3 Å². The molecule has 1 atom stereocenters. The smallest absolute Gasteiger partial charge is 0.166 e. The van der Waals surface area contributed by atoms with E-state index < -0.39 is 0 Å². The van der Waals surface area contributed by atoms with Gasteiger partial charge in [0.1, 0.15) is 0 Å². The summed E-state index contributed by atoms with van der Waals surface area (Å²) in [6.07, 6.45) is 5.56. The number of nitrogens with zero attached hydrogens (tertiary/aromatic N) is 2. The summed E-state index contributed by atoms with van der Waals surface area (Å²) in [5, 5.41) is 0. The summed E-state index contributed by atoms with van der Waals surface area (Å²) in [7, 11) is 0. The lowest BCUT2D eigenvalue weighted by atomic mass is 10.3. The maximum Gasteiger partial charge on any atom is 0.166 e. The van der Waals surface area contributed by atoms with Crippen LogP contribution in [-0.2, 0) is 0 Å². The van der Waals surface area contributed by atoms with E-state index in [4.69, 9.17) is 0 Å². The average molecular weight is 206 g/mol. The Morgan fingerprint density at radius 3 is 2.87 bits per heavy atom. The van der Waals surface area contributed by atoms with Crippen molar-refractivity contribution in [2.45, 2.75) is 25.8 Å². The van der Waals surface area contributed by atoms with E-state index in [1.54, 1.807) is 0 Å². The Kier molecular flexibility index (Phi) is 3.21. The Bertz CT molecular complexity index is 326. The minimum absolute atomic E-state index is 0.387. The zero-order valence-corrected chi connectivity index (χ0v) is 9.22. The monoisotopic (exact) mass is 206 g/mol. The molecule has 1 aliphatic heterocycles. The van der Waals surface area contributed by atoms with E-state index in [-0.39, 0.29) is 0 Å². The second kappa shape index (κ2) is 4.62. The number of carbonyl (C=O) groups is 1. The van der Waals surface area contributed by atoms with Crippen molar-refractivity contribution in [3.05, 3.63) is 24.0 Å². The van der Waals surface area contributed by atoms with Crippen LogP contribution < -0.4 is 0 Å². The van der Waals surface area contributed by atoms with Crippen molar-refractivity contribution in [2.75, 3.05) is 19.6 Å². The molecule has 0 spiro atoms. The first kappa shape index (κ1) is 10.4. The summed E-state index contributed by atoms with van der Waals surface area (Å²) in [6.45, 7) is 5.64. The highest BCUT2D eigenvalue weighted by atomic mass is 16.1. The van der Waals surface area contributed by atoms with Gasteiger partial charge in [0.05, 0.1) is 5.69 Å². The van der Waals surface area contributed by atoms with E-state index in [1.807, 2.05) is 18.3 Å². The van der Waals surface area contributed by atoms with Crippen molar-refractivity contribution >= 4 is 6.29 Å². The van der Waals surface area contributed by atoms with Gasteiger partial charge in [-0.25, -0.2) is 0 Å². The van der Waals surface area contributed by atoms with Gasteiger partial charge in [-0.2, -0.15) is 0 Å². The third kappa shape index (κ3) is 2.29. The molecule has 0 N–H and O–H groups in total. The SMILES string of the molecule is CC(CN1CCCC1)n1cccc1C=O. The van der Waals surface area contributed by atoms with Crippen LogP contribution in [0.3, 0.4) is 0 Å². The first-order valence-electron chi connectivity index (χ1n) is 5.65. The fraction of sp³-hybridized carbons (Fsp3) is 0.583. The lowest BCUT2D eigenvalue weighted by molar-refractivity contribution is 0.111. The standard InChI is InChI=1S/C12H18N2O/c1-11(9-13-6-2-3-7-13)14-8-4-5-12(14)10-15/h4-5,8,10-11H,2-3,6-7,9H2,1H3. The van der Waals surface area contributed by atoms with Crippen molar-refractivity contribution in [3.8, 4) is 0 Å². The van der Waals surface area contributed by atoms with Gasteiger partial charge >= 0.3 is 0 Å². The summed E-state index contributed by atoms with van der Waals surface area (Å²) in [4.78, 5) is 13.3. The average Bonchev–Trinajstić information content (AvgIpc) is 2.86. The fourth-order valence-electron chi connectivity index (χ4n) is 2.33. The number of carbonyl (C=O) groups excluding carboxylic acids is 1. The molecular formula is C12H18N2O. The molecule has 0 radical (unpaired) electrons. The van der Waals surface area contributed by atoms with Crippen LogP contribution >= 0.6 is 0 Å². The van der Waals surface area contributed by atoms with Crippen LogP contribution in [-0.4, -0.2) is 35.4 Å². The largest absolute Gasteiger partial charge is 0.341 e. The molecule has 3 heteroatoms. The molecule has 3 nitrogen and oxygen atoms in total. The molecule has 1 saturated heterocycles. The molecule has 1 unspecified atom stereocenters. The first-order chi connectivity index (χ1) is 7.31. The summed E-state index contributed by atoms with van der Waals surface area (Å²) >= 11 is 0. The van der Waals surface area contributed by atoms with Gasteiger partial charge in [-0.15, -0.1) is 0 Å².